The number of rotatable bonds is 9. The van der Waals surface area contributed by atoms with Crippen molar-refractivity contribution >= 4 is 11.6 Å². The van der Waals surface area contributed by atoms with Gasteiger partial charge in [0.15, 0.2) is 0 Å². The Hall–Kier alpha value is -1.92. The van der Waals surface area contributed by atoms with E-state index in [4.69, 9.17) is 0 Å². The quantitative estimate of drug-likeness (QED) is 0.518. The minimum atomic E-state index is -0.489. The van der Waals surface area contributed by atoms with Crippen molar-refractivity contribution < 1.29 is 9.72 Å². The van der Waals surface area contributed by atoms with E-state index in [1.54, 1.807) is 0 Å². The summed E-state index contributed by atoms with van der Waals surface area (Å²) in [6.45, 7) is 8.08. The third-order valence-corrected chi connectivity index (χ3v) is 3.75. The summed E-state index contributed by atoms with van der Waals surface area (Å²) in [5, 5.41) is 14.5. The molecule has 0 atom stereocenters. The Bertz CT molecular complexity index is 469. The van der Waals surface area contributed by atoms with Gasteiger partial charge in [0.05, 0.1) is 4.92 Å². The van der Waals surface area contributed by atoms with Gasteiger partial charge in [-0.1, -0.05) is 26.7 Å². The van der Waals surface area contributed by atoms with E-state index in [0.717, 1.165) is 19.4 Å². The third-order valence-electron chi connectivity index (χ3n) is 3.75. The number of carbonyl (C=O) groups is 1. The highest BCUT2D eigenvalue weighted by Crippen LogP contribution is 2.12. The Morgan fingerprint density at radius 1 is 1.43 bits per heavy atom. The fraction of sp³-hybridized carbons (Fsp3) is 0.714. The molecular formula is C14H24N4O3. The molecule has 7 nitrogen and oxygen atoms in total. The van der Waals surface area contributed by atoms with Crippen LogP contribution in [-0.2, 0) is 11.3 Å². The Morgan fingerprint density at radius 3 is 2.57 bits per heavy atom. The van der Waals surface area contributed by atoms with Gasteiger partial charge in [-0.15, -0.1) is 0 Å². The zero-order chi connectivity index (χ0) is 15.8. The van der Waals surface area contributed by atoms with Crippen molar-refractivity contribution in [3.63, 3.8) is 0 Å². The zero-order valence-corrected chi connectivity index (χ0v) is 13.0. The van der Waals surface area contributed by atoms with Crippen molar-refractivity contribution in [1.82, 2.24) is 14.7 Å². The number of carbonyl (C=O) groups excluding carboxylic acids is 1. The minimum Gasteiger partial charge on any atom is -0.343 e. The van der Waals surface area contributed by atoms with E-state index in [-0.39, 0.29) is 11.6 Å². The van der Waals surface area contributed by atoms with Gasteiger partial charge >= 0.3 is 5.69 Å². The SMILES string of the molecule is CCC(CC)CN(CC)C(=O)CCn1cc([N+](=O)[O-])cn1. The number of hydrogen-bond acceptors (Lipinski definition) is 4. The average Bonchev–Trinajstić information content (AvgIpc) is 2.95. The number of nitrogens with zero attached hydrogens (tertiary/aromatic N) is 4. The molecule has 0 bridgehead atoms. The van der Waals surface area contributed by atoms with Crippen LogP contribution in [0.15, 0.2) is 12.4 Å². The van der Waals surface area contributed by atoms with Gasteiger partial charge < -0.3 is 4.90 Å². The van der Waals surface area contributed by atoms with Crippen LogP contribution in [0.2, 0.25) is 0 Å². The van der Waals surface area contributed by atoms with Crippen LogP contribution in [0.1, 0.15) is 40.0 Å². The maximum absolute atomic E-state index is 12.2. The summed E-state index contributed by atoms with van der Waals surface area (Å²) in [4.78, 5) is 24.1. The van der Waals surface area contributed by atoms with Gasteiger partial charge in [-0.25, -0.2) is 0 Å². The normalized spacial score (nSPS) is 10.9. The van der Waals surface area contributed by atoms with E-state index in [1.807, 2.05) is 11.8 Å². The van der Waals surface area contributed by atoms with Gasteiger partial charge in [0.2, 0.25) is 5.91 Å². The molecule has 0 unspecified atom stereocenters. The second-order valence-electron chi connectivity index (χ2n) is 5.08. The van der Waals surface area contributed by atoms with Crippen LogP contribution in [0, 0.1) is 16.0 Å². The van der Waals surface area contributed by atoms with Gasteiger partial charge in [-0.05, 0) is 12.8 Å². The van der Waals surface area contributed by atoms with E-state index in [0.29, 0.717) is 25.4 Å². The molecule has 21 heavy (non-hydrogen) atoms. The van der Waals surface area contributed by atoms with Crippen molar-refractivity contribution in [2.24, 2.45) is 5.92 Å². The van der Waals surface area contributed by atoms with Crippen molar-refractivity contribution in [2.75, 3.05) is 13.1 Å². The molecule has 0 aliphatic heterocycles. The number of amides is 1. The van der Waals surface area contributed by atoms with Gasteiger partial charge in [0, 0.05) is 26.1 Å². The zero-order valence-electron chi connectivity index (χ0n) is 13.0. The summed E-state index contributed by atoms with van der Waals surface area (Å²) in [6, 6.07) is 0. The molecule has 7 heteroatoms. The number of aryl methyl sites for hydroxylation is 1. The molecule has 0 saturated carbocycles. The average molecular weight is 296 g/mol. The summed E-state index contributed by atoms with van der Waals surface area (Å²) in [6.07, 6.45) is 4.99. The van der Waals surface area contributed by atoms with Gasteiger partial charge in [-0.2, -0.15) is 5.10 Å². The molecule has 0 radical (unpaired) electrons. The van der Waals surface area contributed by atoms with Crippen LogP contribution < -0.4 is 0 Å². The molecule has 1 heterocycles. The standard InChI is InChI=1S/C14H24N4O3/c1-4-12(5-2)10-16(6-3)14(19)7-8-17-11-13(9-15-17)18(20)21/h9,11-12H,4-8,10H2,1-3H3. The van der Waals surface area contributed by atoms with Crippen molar-refractivity contribution in [3.05, 3.63) is 22.5 Å². The molecule has 0 aliphatic rings. The highest BCUT2D eigenvalue weighted by molar-refractivity contribution is 5.76. The van der Waals surface area contributed by atoms with E-state index >= 15 is 0 Å². The predicted molar refractivity (Wildman–Crippen MR) is 79.8 cm³/mol. The van der Waals surface area contributed by atoms with Crippen LogP contribution in [0.25, 0.3) is 0 Å². The third kappa shape index (κ3) is 5.17. The maximum Gasteiger partial charge on any atom is 0.306 e. The topological polar surface area (TPSA) is 81.3 Å². The fourth-order valence-corrected chi connectivity index (χ4v) is 2.20. The first kappa shape index (κ1) is 17.1. The Kier molecular flexibility index (Phi) is 6.84. The lowest BCUT2D eigenvalue weighted by Crippen LogP contribution is -2.35. The van der Waals surface area contributed by atoms with Crippen LogP contribution in [0.3, 0.4) is 0 Å². The fourth-order valence-electron chi connectivity index (χ4n) is 2.20. The number of hydrogen-bond donors (Lipinski definition) is 0. The summed E-state index contributed by atoms with van der Waals surface area (Å²) in [7, 11) is 0. The highest BCUT2D eigenvalue weighted by Gasteiger charge is 2.16. The van der Waals surface area contributed by atoms with E-state index in [2.05, 4.69) is 18.9 Å². The largest absolute Gasteiger partial charge is 0.343 e. The second kappa shape index (κ2) is 8.39. The predicted octanol–water partition coefficient (Wildman–Crippen LogP) is 2.47. The van der Waals surface area contributed by atoms with Crippen molar-refractivity contribution in [3.8, 4) is 0 Å². The number of nitro groups is 1. The lowest BCUT2D eigenvalue weighted by atomic mass is 10.0. The lowest BCUT2D eigenvalue weighted by molar-refractivity contribution is -0.385. The van der Waals surface area contributed by atoms with Crippen LogP contribution in [0.5, 0.6) is 0 Å². The monoisotopic (exact) mass is 296 g/mol. The van der Waals surface area contributed by atoms with Gasteiger partial charge in [0.1, 0.15) is 12.4 Å². The van der Waals surface area contributed by atoms with Gasteiger partial charge in [0.25, 0.3) is 0 Å². The Labute approximate surface area is 125 Å². The molecule has 1 aromatic heterocycles. The molecule has 1 rings (SSSR count). The molecular weight excluding hydrogens is 272 g/mol. The summed E-state index contributed by atoms with van der Waals surface area (Å²) >= 11 is 0. The molecule has 0 fully saturated rings. The van der Waals surface area contributed by atoms with Gasteiger partial charge in [-0.3, -0.25) is 19.6 Å². The van der Waals surface area contributed by atoms with Crippen LogP contribution >= 0.6 is 0 Å². The van der Waals surface area contributed by atoms with E-state index in [1.165, 1.54) is 17.1 Å². The maximum atomic E-state index is 12.2. The highest BCUT2D eigenvalue weighted by atomic mass is 16.6. The summed E-state index contributed by atoms with van der Waals surface area (Å²) in [5.41, 5.74) is -0.0492. The molecule has 1 aromatic rings. The smallest absolute Gasteiger partial charge is 0.306 e. The van der Waals surface area contributed by atoms with E-state index < -0.39 is 4.92 Å². The van der Waals surface area contributed by atoms with Crippen molar-refractivity contribution in [2.45, 2.75) is 46.6 Å². The molecule has 0 spiro atoms. The first-order valence-corrected chi connectivity index (χ1v) is 7.46. The first-order chi connectivity index (χ1) is 10.0. The van der Waals surface area contributed by atoms with Crippen molar-refractivity contribution in [1.29, 1.82) is 0 Å². The van der Waals surface area contributed by atoms with Crippen LogP contribution in [0.4, 0.5) is 5.69 Å². The Balaban J connectivity index is 2.51. The molecule has 0 saturated heterocycles. The second-order valence-corrected chi connectivity index (χ2v) is 5.08. The minimum absolute atomic E-state index is 0.0492. The number of aromatic nitrogens is 2. The van der Waals surface area contributed by atoms with E-state index in [9.17, 15) is 14.9 Å². The first-order valence-electron chi connectivity index (χ1n) is 7.46. The summed E-state index contributed by atoms with van der Waals surface area (Å²) < 4.78 is 1.45. The van der Waals surface area contributed by atoms with Crippen LogP contribution in [-0.4, -0.2) is 38.6 Å². The Morgan fingerprint density at radius 2 is 2.10 bits per heavy atom. The molecule has 0 aromatic carbocycles. The molecule has 118 valence electrons. The molecule has 1 amide bonds. The summed E-state index contributed by atoms with van der Waals surface area (Å²) in [5.74, 6) is 0.599. The molecule has 0 aliphatic carbocycles. The lowest BCUT2D eigenvalue weighted by Gasteiger charge is -2.25. The molecule has 0 N–H and O–H groups in total.